The zero-order chi connectivity index (χ0) is 12.1. The number of amides is 1. The topological polar surface area (TPSA) is 66.9 Å². The molecule has 1 saturated heterocycles. The molecule has 7 heteroatoms. The molecule has 0 radical (unpaired) electrons. The van der Waals surface area contributed by atoms with Crippen LogP contribution in [0.5, 0.6) is 0 Å². The first-order valence-electron chi connectivity index (χ1n) is 6.02. The van der Waals surface area contributed by atoms with Crippen molar-refractivity contribution in [1.82, 2.24) is 15.5 Å². The monoisotopic (exact) mass is 290 g/mol. The molecule has 102 valence electrons. The SMILES string of the molecule is CC(CC(=O)Nc1nncs1)C1CCNCC1.Cl. The standard InChI is InChI=1S/C11H18N4OS.ClH/c1-8(9-2-4-12-5-3-9)6-10(16)14-11-15-13-7-17-11;/h7-9,12H,2-6H2,1H3,(H,14,15,16);1H. The molecule has 2 N–H and O–H groups in total. The average molecular weight is 291 g/mol. The van der Waals surface area contributed by atoms with Gasteiger partial charge in [-0.05, 0) is 37.8 Å². The molecule has 18 heavy (non-hydrogen) atoms. The fourth-order valence-corrected chi connectivity index (χ4v) is 2.73. The number of hydrogen-bond donors (Lipinski definition) is 2. The van der Waals surface area contributed by atoms with Gasteiger partial charge in [-0.3, -0.25) is 4.79 Å². The number of hydrogen-bond acceptors (Lipinski definition) is 5. The molecule has 5 nitrogen and oxygen atoms in total. The highest BCUT2D eigenvalue weighted by atomic mass is 35.5. The van der Waals surface area contributed by atoms with Crippen molar-refractivity contribution in [3.05, 3.63) is 5.51 Å². The van der Waals surface area contributed by atoms with Gasteiger partial charge >= 0.3 is 0 Å². The highest BCUT2D eigenvalue weighted by Crippen LogP contribution is 2.24. The smallest absolute Gasteiger partial charge is 0.226 e. The zero-order valence-corrected chi connectivity index (χ0v) is 12.0. The number of halogens is 1. The minimum absolute atomic E-state index is 0. The molecule has 1 aliphatic rings. The van der Waals surface area contributed by atoms with Crippen LogP contribution in [0.1, 0.15) is 26.2 Å². The van der Waals surface area contributed by atoms with Gasteiger partial charge in [-0.25, -0.2) is 0 Å². The largest absolute Gasteiger partial charge is 0.317 e. The molecule has 2 rings (SSSR count). The summed E-state index contributed by atoms with van der Waals surface area (Å²) in [5, 5.41) is 14.2. The number of aromatic nitrogens is 2. The van der Waals surface area contributed by atoms with Crippen molar-refractivity contribution in [1.29, 1.82) is 0 Å². The van der Waals surface area contributed by atoms with Gasteiger partial charge in [0.15, 0.2) is 0 Å². The highest BCUT2D eigenvalue weighted by Gasteiger charge is 2.22. The quantitative estimate of drug-likeness (QED) is 0.889. The molecule has 0 saturated carbocycles. The van der Waals surface area contributed by atoms with Gasteiger partial charge in [-0.2, -0.15) is 0 Å². The van der Waals surface area contributed by atoms with Crippen molar-refractivity contribution in [3.63, 3.8) is 0 Å². The van der Waals surface area contributed by atoms with Gasteiger partial charge in [0, 0.05) is 6.42 Å². The summed E-state index contributed by atoms with van der Waals surface area (Å²) in [5.41, 5.74) is 1.62. The number of carbonyl (C=O) groups is 1. The third-order valence-corrected chi connectivity index (χ3v) is 3.91. The Hall–Kier alpha value is -0.720. The summed E-state index contributed by atoms with van der Waals surface area (Å²) in [6, 6.07) is 0. The predicted molar refractivity (Wildman–Crippen MR) is 75.2 cm³/mol. The van der Waals surface area contributed by atoms with Gasteiger partial charge in [-0.1, -0.05) is 18.3 Å². The van der Waals surface area contributed by atoms with E-state index >= 15 is 0 Å². The minimum Gasteiger partial charge on any atom is -0.317 e. The molecule has 1 aromatic rings. The van der Waals surface area contributed by atoms with E-state index < -0.39 is 0 Å². The molecule has 0 bridgehead atoms. The first kappa shape index (κ1) is 15.3. The summed E-state index contributed by atoms with van der Waals surface area (Å²) in [5.74, 6) is 1.15. The number of carbonyl (C=O) groups excluding carboxylic acids is 1. The fraction of sp³-hybridized carbons (Fsp3) is 0.727. The number of nitrogens with one attached hydrogen (secondary N) is 2. The van der Waals surface area contributed by atoms with Gasteiger partial charge in [0.25, 0.3) is 0 Å². The summed E-state index contributed by atoms with van der Waals surface area (Å²) in [6.45, 7) is 4.32. The van der Waals surface area contributed by atoms with Crippen LogP contribution in [0.4, 0.5) is 5.13 Å². The Morgan fingerprint density at radius 2 is 2.33 bits per heavy atom. The van der Waals surface area contributed by atoms with Crippen molar-refractivity contribution >= 4 is 34.8 Å². The molecule has 1 amide bonds. The first-order valence-corrected chi connectivity index (χ1v) is 6.90. The zero-order valence-electron chi connectivity index (χ0n) is 10.4. The Balaban J connectivity index is 0.00000162. The molecule has 2 heterocycles. The molecule has 0 aromatic carbocycles. The maximum Gasteiger partial charge on any atom is 0.226 e. The third kappa shape index (κ3) is 4.51. The maximum absolute atomic E-state index is 11.8. The second-order valence-corrected chi connectivity index (χ2v) is 5.39. The normalized spacial score (nSPS) is 17.8. The van der Waals surface area contributed by atoms with E-state index in [1.54, 1.807) is 5.51 Å². The number of rotatable bonds is 4. The Morgan fingerprint density at radius 3 is 2.94 bits per heavy atom. The van der Waals surface area contributed by atoms with E-state index in [9.17, 15) is 4.79 Å². The molecule has 1 unspecified atom stereocenters. The third-order valence-electron chi connectivity index (χ3n) is 3.30. The first-order chi connectivity index (χ1) is 8.25. The average Bonchev–Trinajstić information content (AvgIpc) is 2.82. The molecular formula is C11H19ClN4OS. The summed E-state index contributed by atoms with van der Waals surface area (Å²) < 4.78 is 0. The Kier molecular flexibility index (Phi) is 6.52. The molecule has 0 aliphatic carbocycles. The lowest BCUT2D eigenvalue weighted by atomic mass is 9.84. The lowest BCUT2D eigenvalue weighted by Gasteiger charge is -2.27. The van der Waals surface area contributed by atoms with E-state index in [2.05, 4.69) is 27.8 Å². The summed E-state index contributed by atoms with van der Waals surface area (Å²) in [6.07, 6.45) is 2.92. The van der Waals surface area contributed by atoms with Crippen molar-refractivity contribution in [2.75, 3.05) is 18.4 Å². The van der Waals surface area contributed by atoms with E-state index in [1.807, 2.05) is 0 Å². The van der Waals surface area contributed by atoms with Crippen LogP contribution in [-0.2, 0) is 4.79 Å². The van der Waals surface area contributed by atoms with Crippen LogP contribution in [0.2, 0.25) is 0 Å². The molecule has 1 atom stereocenters. The van der Waals surface area contributed by atoms with Crippen molar-refractivity contribution in [3.8, 4) is 0 Å². The van der Waals surface area contributed by atoms with Crippen LogP contribution in [0.3, 0.4) is 0 Å². The lowest BCUT2D eigenvalue weighted by molar-refractivity contribution is -0.117. The van der Waals surface area contributed by atoms with E-state index in [1.165, 1.54) is 24.2 Å². The number of anilines is 1. The second-order valence-electron chi connectivity index (χ2n) is 4.56. The Bertz CT molecular complexity index is 354. The Labute approximate surface area is 117 Å². The van der Waals surface area contributed by atoms with E-state index in [0.717, 1.165) is 13.1 Å². The summed E-state index contributed by atoms with van der Waals surface area (Å²) in [7, 11) is 0. The minimum atomic E-state index is 0. The van der Waals surface area contributed by atoms with Crippen LogP contribution >= 0.6 is 23.7 Å². The van der Waals surface area contributed by atoms with Crippen molar-refractivity contribution in [2.45, 2.75) is 26.2 Å². The molecule has 0 spiro atoms. The highest BCUT2D eigenvalue weighted by molar-refractivity contribution is 7.13. The number of nitrogens with zero attached hydrogens (tertiary/aromatic N) is 2. The summed E-state index contributed by atoms with van der Waals surface area (Å²) in [4.78, 5) is 11.8. The van der Waals surface area contributed by atoms with Crippen molar-refractivity contribution < 1.29 is 4.79 Å². The molecular weight excluding hydrogens is 272 g/mol. The van der Waals surface area contributed by atoms with E-state index in [4.69, 9.17) is 0 Å². The van der Waals surface area contributed by atoms with Crippen LogP contribution < -0.4 is 10.6 Å². The van der Waals surface area contributed by atoms with Gasteiger partial charge < -0.3 is 10.6 Å². The second kappa shape index (κ2) is 7.66. The van der Waals surface area contributed by atoms with E-state index in [-0.39, 0.29) is 18.3 Å². The fourth-order valence-electron chi connectivity index (χ4n) is 2.27. The number of piperidine rings is 1. The summed E-state index contributed by atoms with van der Waals surface area (Å²) >= 11 is 1.35. The molecule has 1 fully saturated rings. The van der Waals surface area contributed by atoms with Gasteiger partial charge in [0.05, 0.1) is 0 Å². The van der Waals surface area contributed by atoms with Crippen LogP contribution in [0.15, 0.2) is 5.51 Å². The maximum atomic E-state index is 11.8. The van der Waals surface area contributed by atoms with Crippen molar-refractivity contribution in [2.24, 2.45) is 11.8 Å². The van der Waals surface area contributed by atoms with Gasteiger partial charge in [0.2, 0.25) is 11.0 Å². The van der Waals surface area contributed by atoms with E-state index in [0.29, 0.717) is 23.4 Å². The van der Waals surface area contributed by atoms with Gasteiger partial charge in [0.1, 0.15) is 5.51 Å². The van der Waals surface area contributed by atoms with Crippen LogP contribution in [0, 0.1) is 11.8 Å². The molecule has 1 aromatic heterocycles. The predicted octanol–water partition coefficient (Wildman–Crippen LogP) is 1.92. The van der Waals surface area contributed by atoms with Gasteiger partial charge in [-0.15, -0.1) is 22.6 Å². The lowest BCUT2D eigenvalue weighted by Crippen LogP contribution is -2.32. The van der Waals surface area contributed by atoms with Crippen LogP contribution in [-0.4, -0.2) is 29.2 Å². The Morgan fingerprint density at radius 1 is 1.61 bits per heavy atom. The molecule has 1 aliphatic heterocycles. The van der Waals surface area contributed by atoms with Crippen LogP contribution in [0.25, 0.3) is 0 Å².